The van der Waals surface area contributed by atoms with Gasteiger partial charge < -0.3 is 15.2 Å². The molecule has 0 radical (unpaired) electrons. The van der Waals surface area contributed by atoms with Crippen molar-refractivity contribution in [3.05, 3.63) is 51.2 Å². The summed E-state index contributed by atoms with van der Waals surface area (Å²) in [6, 6.07) is 8.12. The van der Waals surface area contributed by atoms with E-state index in [1.54, 1.807) is 31.2 Å². The van der Waals surface area contributed by atoms with Crippen LogP contribution in [0.3, 0.4) is 0 Å². The molecule has 0 bridgehead atoms. The van der Waals surface area contributed by atoms with Gasteiger partial charge in [0.05, 0.1) is 25.3 Å². The first kappa shape index (κ1) is 16.6. The van der Waals surface area contributed by atoms with Crippen LogP contribution in [0.1, 0.15) is 6.92 Å². The van der Waals surface area contributed by atoms with Crippen LogP contribution in [0.4, 0.5) is 5.82 Å². The number of pyridine rings is 1. The van der Waals surface area contributed by atoms with Gasteiger partial charge in [-0.05, 0) is 19.1 Å². The molecule has 0 aliphatic rings. The molecule has 2 heterocycles. The van der Waals surface area contributed by atoms with Crippen molar-refractivity contribution >= 4 is 16.9 Å². The minimum absolute atomic E-state index is 0.190. The number of ether oxygens (including phenoxy) is 2. The first-order chi connectivity index (χ1) is 12.0. The highest BCUT2D eigenvalue weighted by Crippen LogP contribution is 2.25. The van der Waals surface area contributed by atoms with Gasteiger partial charge in [-0.3, -0.25) is 9.36 Å². The molecule has 8 heteroatoms. The summed E-state index contributed by atoms with van der Waals surface area (Å²) in [4.78, 5) is 29.7. The van der Waals surface area contributed by atoms with E-state index in [0.29, 0.717) is 22.6 Å². The molecule has 0 saturated heterocycles. The van der Waals surface area contributed by atoms with Crippen LogP contribution >= 0.6 is 0 Å². The fourth-order valence-corrected chi connectivity index (χ4v) is 2.68. The Hall–Kier alpha value is -3.29. The van der Waals surface area contributed by atoms with Crippen LogP contribution < -0.4 is 26.5 Å². The van der Waals surface area contributed by atoms with E-state index in [4.69, 9.17) is 15.2 Å². The van der Waals surface area contributed by atoms with Gasteiger partial charge in [0.15, 0.2) is 5.65 Å². The van der Waals surface area contributed by atoms with Crippen LogP contribution in [-0.4, -0.2) is 28.3 Å². The van der Waals surface area contributed by atoms with Crippen LogP contribution in [0.15, 0.2) is 39.9 Å². The molecule has 3 rings (SSSR count). The van der Waals surface area contributed by atoms with Gasteiger partial charge >= 0.3 is 5.69 Å². The van der Waals surface area contributed by atoms with Gasteiger partial charge in [0, 0.05) is 24.7 Å². The van der Waals surface area contributed by atoms with E-state index in [1.807, 2.05) is 0 Å². The minimum atomic E-state index is -0.506. The van der Waals surface area contributed by atoms with Gasteiger partial charge in [0.1, 0.15) is 17.3 Å². The van der Waals surface area contributed by atoms with Crippen molar-refractivity contribution in [1.82, 2.24) is 14.1 Å². The Balaban J connectivity index is 2.50. The fraction of sp³-hybridized carbons (Fsp3) is 0.235. The molecule has 0 atom stereocenters. The maximum absolute atomic E-state index is 12.9. The van der Waals surface area contributed by atoms with Gasteiger partial charge in [-0.25, -0.2) is 14.3 Å². The topological polar surface area (TPSA) is 101 Å². The monoisotopic (exact) mass is 342 g/mol. The Labute approximate surface area is 143 Å². The van der Waals surface area contributed by atoms with Gasteiger partial charge in [0.25, 0.3) is 5.56 Å². The number of nitrogens with two attached hydrogens (primary N) is 1. The highest BCUT2D eigenvalue weighted by Gasteiger charge is 2.16. The molecular formula is C17H18N4O4. The molecule has 0 saturated carbocycles. The molecule has 2 N–H and O–H groups in total. The Morgan fingerprint density at radius 2 is 1.72 bits per heavy atom. The maximum atomic E-state index is 12.9. The predicted octanol–water partition coefficient (Wildman–Crippen LogP) is 1.17. The molecular weight excluding hydrogens is 324 g/mol. The van der Waals surface area contributed by atoms with Crippen molar-refractivity contribution in [3.8, 4) is 17.2 Å². The van der Waals surface area contributed by atoms with E-state index in [9.17, 15) is 9.59 Å². The quantitative estimate of drug-likeness (QED) is 0.764. The van der Waals surface area contributed by atoms with E-state index >= 15 is 0 Å². The zero-order chi connectivity index (χ0) is 18.1. The summed E-state index contributed by atoms with van der Waals surface area (Å²) in [6.07, 6.45) is 0. The number of anilines is 1. The second-order valence-corrected chi connectivity index (χ2v) is 5.35. The van der Waals surface area contributed by atoms with Crippen molar-refractivity contribution in [2.24, 2.45) is 0 Å². The normalized spacial score (nSPS) is 10.8. The Morgan fingerprint density at radius 3 is 2.28 bits per heavy atom. The summed E-state index contributed by atoms with van der Waals surface area (Å²) >= 11 is 0. The second-order valence-electron chi connectivity index (χ2n) is 5.35. The number of hydrogen-bond donors (Lipinski definition) is 1. The van der Waals surface area contributed by atoms with Gasteiger partial charge in [-0.2, -0.15) is 0 Å². The van der Waals surface area contributed by atoms with E-state index in [0.717, 1.165) is 4.57 Å². The number of rotatable bonds is 4. The molecule has 0 aliphatic heterocycles. The molecule has 3 aromatic rings. The lowest BCUT2D eigenvalue weighted by Crippen LogP contribution is -2.39. The fourth-order valence-electron chi connectivity index (χ4n) is 2.68. The summed E-state index contributed by atoms with van der Waals surface area (Å²) in [5.74, 6) is 1.23. The van der Waals surface area contributed by atoms with Crippen LogP contribution in [0.25, 0.3) is 16.7 Å². The summed E-state index contributed by atoms with van der Waals surface area (Å²) in [5, 5.41) is 0.303. The van der Waals surface area contributed by atoms with Crippen LogP contribution in [0, 0.1) is 0 Å². The van der Waals surface area contributed by atoms with Crippen LogP contribution in [0.5, 0.6) is 11.5 Å². The van der Waals surface area contributed by atoms with E-state index < -0.39 is 11.2 Å². The molecule has 0 unspecified atom stereocenters. The van der Waals surface area contributed by atoms with Crippen molar-refractivity contribution in [2.75, 3.05) is 20.0 Å². The average molecular weight is 342 g/mol. The van der Waals surface area contributed by atoms with Crippen molar-refractivity contribution < 1.29 is 9.47 Å². The Bertz CT molecular complexity index is 1050. The molecule has 0 spiro atoms. The highest BCUT2D eigenvalue weighted by molar-refractivity contribution is 5.77. The third-order valence-corrected chi connectivity index (χ3v) is 3.92. The van der Waals surface area contributed by atoms with E-state index in [-0.39, 0.29) is 18.0 Å². The van der Waals surface area contributed by atoms with E-state index in [1.165, 1.54) is 24.9 Å². The first-order valence-corrected chi connectivity index (χ1v) is 7.65. The predicted molar refractivity (Wildman–Crippen MR) is 94.8 cm³/mol. The smallest absolute Gasteiger partial charge is 0.337 e. The number of nitrogens with zero attached hydrogens (tertiary/aromatic N) is 3. The average Bonchev–Trinajstić information content (AvgIpc) is 2.61. The lowest BCUT2D eigenvalue weighted by Gasteiger charge is -2.14. The molecule has 25 heavy (non-hydrogen) atoms. The van der Waals surface area contributed by atoms with Crippen molar-refractivity contribution in [1.29, 1.82) is 0 Å². The molecule has 0 aliphatic carbocycles. The van der Waals surface area contributed by atoms with Gasteiger partial charge in [-0.1, -0.05) is 0 Å². The van der Waals surface area contributed by atoms with Crippen molar-refractivity contribution in [3.63, 3.8) is 0 Å². The van der Waals surface area contributed by atoms with E-state index in [2.05, 4.69) is 4.98 Å². The van der Waals surface area contributed by atoms with Crippen molar-refractivity contribution in [2.45, 2.75) is 13.5 Å². The summed E-state index contributed by atoms with van der Waals surface area (Å²) in [6.45, 7) is 1.97. The zero-order valence-corrected chi connectivity index (χ0v) is 14.1. The lowest BCUT2D eigenvalue weighted by molar-refractivity contribution is 0.394. The van der Waals surface area contributed by atoms with Crippen LogP contribution in [-0.2, 0) is 6.54 Å². The number of hydrogen-bond acceptors (Lipinski definition) is 6. The summed E-state index contributed by atoms with van der Waals surface area (Å²) in [5.41, 5.74) is 5.52. The molecule has 130 valence electrons. The number of methoxy groups -OCH3 is 2. The maximum Gasteiger partial charge on any atom is 0.337 e. The Morgan fingerprint density at radius 1 is 1.08 bits per heavy atom. The molecule has 8 nitrogen and oxygen atoms in total. The standard InChI is InChI=1S/C17H18N4O4/c1-4-20-16(22)13-5-6-14(18)19-15(13)21(17(20)23)10-7-11(24-2)9-12(8-10)25-3/h5-9H,4H2,1-3H3,(H2,18,19). The largest absolute Gasteiger partial charge is 0.497 e. The summed E-state index contributed by atoms with van der Waals surface area (Å²) < 4.78 is 13.0. The number of aromatic nitrogens is 3. The Kier molecular flexibility index (Phi) is 4.18. The van der Waals surface area contributed by atoms with Gasteiger partial charge in [0.2, 0.25) is 0 Å². The third-order valence-electron chi connectivity index (χ3n) is 3.92. The third kappa shape index (κ3) is 2.71. The number of nitrogen functional groups attached to an aromatic ring is 1. The first-order valence-electron chi connectivity index (χ1n) is 7.65. The number of benzene rings is 1. The highest BCUT2D eigenvalue weighted by atomic mass is 16.5. The molecule has 0 fully saturated rings. The van der Waals surface area contributed by atoms with Crippen LogP contribution in [0.2, 0.25) is 0 Å². The lowest BCUT2D eigenvalue weighted by atomic mass is 10.2. The summed E-state index contributed by atoms with van der Waals surface area (Å²) in [7, 11) is 3.03. The van der Waals surface area contributed by atoms with Gasteiger partial charge in [-0.15, -0.1) is 0 Å². The zero-order valence-electron chi connectivity index (χ0n) is 14.1. The molecule has 1 aromatic carbocycles. The molecule has 0 amide bonds. The molecule has 2 aromatic heterocycles. The second kappa shape index (κ2) is 6.31. The SMILES string of the molecule is CCn1c(=O)c2ccc(N)nc2n(-c2cc(OC)cc(OC)c2)c1=O. The minimum Gasteiger partial charge on any atom is -0.497 e. The number of fused-ring (bicyclic) bond motifs is 1.